The van der Waals surface area contributed by atoms with Crippen molar-refractivity contribution in [2.24, 2.45) is 0 Å². The first-order valence-electron chi connectivity index (χ1n) is 5.51. The highest BCUT2D eigenvalue weighted by atomic mass is 79.9. The average Bonchev–Trinajstić information content (AvgIpc) is 2.77. The van der Waals surface area contributed by atoms with Crippen LogP contribution in [0, 0.1) is 20.8 Å². The fourth-order valence-corrected chi connectivity index (χ4v) is 2.73. The summed E-state index contributed by atoms with van der Waals surface area (Å²) in [5.41, 5.74) is 5.25. The molecule has 1 N–H and O–H groups in total. The zero-order chi connectivity index (χ0) is 13.4. The summed E-state index contributed by atoms with van der Waals surface area (Å²) in [6, 6.07) is 0. The van der Waals surface area contributed by atoms with E-state index in [1.165, 1.54) is 5.56 Å². The quantitative estimate of drug-likeness (QED) is 0.885. The molecule has 96 valence electrons. The van der Waals surface area contributed by atoms with Crippen LogP contribution in [-0.4, -0.2) is 17.1 Å². The van der Waals surface area contributed by atoms with Crippen molar-refractivity contribution >= 4 is 27.5 Å². The van der Waals surface area contributed by atoms with Crippen LogP contribution in [-0.2, 0) is 0 Å². The van der Waals surface area contributed by atoms with Gasteiger partial charge in [-0.2, -0.15) is 0 Å². The highest BCUT2D eigenvalue weighted by Crippen LogP contribution is 2.41. The Balaban J connectivity index is 2.81. The van der Waals surface area contributed by atoms with Crippen molar-refractivity contribution in [1.82, 2.24) is 9.97 Å². The second-order valence-corrected chi connectivity index (χ2v) is 5.34. The maximum absolute atomic E-state index is 5.85. The van der Waals surface area contributed by atoms with Crippen molar-refractivity contribution in [3.8, 4) is 17.0 Å². The van der Waals surface area contributed by atoms with E-state index < -0.39 is 0 Å². The lowest BCUT2D eigenvalue weighted by atomic mass is 9.97. The third-order valence-corrected chi connectivity index (χ3v) is 4.56. The first kappa shape index (κ1) is 13.4. The molecule has 0 spiro atoms. The Morgan fingerprint density at radius 2 is 1.89 bits per heavy atom. The molecular formula is C13H14BrClN2O. The first-order chi connectivity index (χ1) is 8.47. The molecule has 0 saturated heterocycles. The van der Waals surface area contributed by atoms with E-state index in [2.05, 4.69) is 32.8 Å². The first-order valence-corrected chi connectivity index (χ1v) is 6.68. The van der Waals surface area contributed by atoms with E-state index in [-0.39, 0.29) is 0 Å². The van der Waals surface area contributed by atoms with Crippen LogP contribution in [0.4, 0.5) is 0 Å². The summed E-state index contributed by atoms with van der Waals surface area (Å²) in [6.07, 6.45) is 1.72. The van der Waals surface area contributed by atoms with Crippen LogP contribution in [0.2, 0.25) is 5.28 Å². The molecule has 0 atom stereocenters. The topological polar surface area (TPSA) is 37.9 Å². The van der Waals surface area contributed by atoms with E-state index in [4.69, 9.17) is 16.3 Å². The Morgan fingerprint density at radius 3 is 2.39 bits per heavy atom. The molecule has 3 nitrogen and oxygen atoms in total. The fraction of sp³-hybridized carbons (Fsp3) is 0.308. The maximum Gasteiger partial charge on any atom is 0.200 e. The SMILES string of the molecule is COc1c(C)c(C)c(Br)c(C)c1-c1cnc(Cl)[nH]1. The number of nitrogens with one attached hydrogen (secondary N) is 1. The molecule has 0 saturated carbocycles. The third-order valence-electron chi connectivity index (χ3n) is 3.18. The number of rotatable bonds is 2. The monoisotopic (exact) mass is 328 g/mol. The number of nitrogens with zero attached hydrogens (tertiary/aromatic N) is 1. The summed E-state index contributed by atoms with van der Waals surface area (Å²) >= 11 is 9.48. The maximum atomic E-state index is 5.85. The molecule has 0 radical (unpaired) electrons. The lowest BCUT2D eigenvalue weighted by molar-refractivity contribution is 0.412. The summed E-state index contributed by atoms with van der Waals surface area (Å²) in [5.74, 6) is 0.855. The van der Waals surface area contributed by atoms with Crippen LogP contribution in [0.1, 0.15) is 16.7 Å². The van der Waals surface area contributed by atoms with Gasteiger partial charge in [-0.3, -0.25) is 0 Å². The molecule has 0 unspecified atom stereocenters. The van der Waals surface area contributed by atoms with Gasteiger partial charge in [0.05, 0.1) is 19.0 Å². The summed E-state index contributed by atoms with van der Waals surface area (Å²) in [7, 11) is 1.68. The van der Waals surface area contributed by atoms with E-state index in [0.717, 1.165) is 32.6 Å². The van der Waals surface area contributed by atoms with Crippen molar-refractivity contribution in [3.05, 3.63) is 32.6 Å². The average molecular weight is 330 g/mol. The third kappa shape index (κ3) is 2.04. The van der Waals surface area contributed by atoms with Crippen LogP contribution in [0.5, 0.6) is 5.75 Å². The standard InChI is InChI=1S/C13H14BrClN2O/c1-6-7(2)12(18-4)10(8(3)11(6)14)9-5-16-13(15)17-9/h5H,1-4H3,(H,16,17). The predicted octanol–water partition coefficient (Wildman–Crippen LogP) is 4.43. The lowest BCUT2D eigenvalue weighted by Crippen LogP contribution is -1.99. The van der Waals surface area contributed by atoms with Gasteiger partial charge >= 0.3 is 0 Å². The minimum atomic E-state index is 0.376. The number of hydrogen-bond acceptors (Lipinski definition) is 2. The molecular weight excluding hydrogens is 316 g/mol. The molecule has 1 heterocycles. The van der Waals surface area contributed by atoms with E-state index >= 15 is 0 Å². The number of benzene rings is 1. The second kappa shape index (κ2) is 4.94. The smallest absolute Gasteiger partial charge is 0.200 e. The van der Waals surface area contributed by atoms with E-state index in [1.807, 2.05) is 13.8 Å². The molecule has 1 aromatic heterocycles. The summed E-state index contributed by atoms with van der Waals surface area (Å²) < 4.78 is 6.63. The van der Waals surface area contributed by atoms with E-state index in [1.54, 1.807) is 13.3 Å². The Labute approximate surface area is 120 Å². The Bertz CT molecular complexity index is 608. The number of halogens is 2. The molecule has 2 aromatic rings. The van der Waals surface area contributed by atoms with Gasteiger partial charge in [-0.25, -0.2) is 4.98 Å². The molecule has 0 aliphatic heterocycles. The van der Waals surface area contributed by atoms with Crippen LogP contribution in [0.3, 0.4) is 0 Å². The molecule has 18 heavy (non-hydrogen) atoms. The number of hydrogen-bond donors (Lipinski definition) is 1. The summed E-state index contributed by atoms with van der Waals surface area (Å²) in [4.78, 5) is 7.07. The van der Waals surface area contributed by atoms with Gasteiger partial charge in [0.25, 0.3) is 0 Å². The molecule has 0 amide bonds. The zero-order valence-corrected chi connectivity index (χ0v) is 13.0. The minimum Gasteiger partial charge on any atom is -0.496 e. The predicted molar refractivity (Wildman–Crippen MR) is 77.5 cm³/mol. The largest absolute Gasteiger partial charge is 0.496 e. The number of methoxy groups -OCH3 is 1. The van der Waals surface area contributed by atoms with Crippen molar-refractivity contribution in [1.29, 1.82) is 0 Å². The van der Waals surface area contributed by atoms with Gasteiger partial charge in [-0.05, 0) is 49.1 Å². The Kier molecular flexibility index (Phi) is 3.69. The highest BCUT2D eigenvalue weighted by molar-refractivity contribution is 9.10. The van der Waals surface area contributed by atoms with E-state index in [9.17, 15) is 0 Å². The van der Waals surface area contributed by atoms with Crippen molar-refractivity contribution < 1.29 is 4.74 Å². The Hall–Kier alpha value is -1.00. The van der Waals surface area contributed by atoms with Gasteiger partial charge in [-0.15, -0.1) is 0 Å². The molecule has 0 bridgehead atoms. The minimum absolute atomic E-state index is 0.376. The molecule has 2 rings (SSSR count). The normalized spacial score (nSPS) is 10.8. The van der Waals surface area contributed by atoms with Crippen molar-refractivity contribution in [2.75, 3.05) is 7.11 Å². The molecule has 5 heteroatoms. The number of aromatic amines is 1. The number of aromatic nitrogens is 2. The second-order valence-electron chi connectivity index (χ2n) is 4.18. The van der Waals surface area contributed by atoms with Gasteiger partial charge in [0.15, 0.2) is 5.28 Å². The van der Waals surface area contributed by atoms with Crippen LogP contribution in [0.15, 0.2) is 10.7 Å². The van der Waals surface area contributed by atoms with Crippen molar-refractivity contribution in [3.63, 3.8) is 0 Å². The summed E-state index contributed by atoms with van der Waals surface area (Å²) in [5, 5.41) is 0.376. The number of H-pyrrole nitrogens is 1. The number of imidazole rings is 1. The van der Waals surface area contributed by atoms with Gasteiger partial charge in [0.2, 0.25) is 0 Å². The highest BCUT2D eigenvalue weighted by Gasteiger charge is 2.19. The van der Waals surface area contributed by atoms with Gasteiger partial charge < -0.3 is 9.72 Å². The van der Waals surface area contributed by atoms with Crippen LogP contribution < -0.4 is 4.74 Å². The van der Waals surface area contributed by atoms with Crippen LogP contribution >= 0.6 is 27.5 Å². The zero-order valence-electron chi connectivity index (χ0n) is 10.7. The molecule has 1 aromatic carbocycles. The van der Waals surface area contributed by atoms with Crippen molar-refractivity contribution in [2.45, 2.75) is 20.8 Å². The molecule has 0 fully saturated rings. The number of ether oxygens (including phenoxy) is 1. The van der Waals surface area contributed by atoms with E-state index in [0.29, 0.717) is 5.28 Å². The van der Waals surface area contributed by atoms with Gasteiger partial charge in [0, 0.05) is 10.0 Å². The Morgan fingerprint density at radius 1 is 1.22 bits per heavy atom. The van der Waals surface area contributed by atoms with Gasteiger partial charge in [0.1, 0.15) is 5.75 Å². The fourth-order valence-electron chi connectivity index (χ4n) is 2.09. The van der Waals surface area contributed by atoms with Crippen LogP contribution in [0.25, 0.3) is 11.3 Å². The molecule has 0 aliphatic carbocycles. The molecule has 0 aliphatic rings. The summed E-state index contributed by atoms with van der Waals surface area (Å²) in [6.45, 7) is 6.15. The lowest BCUT2D eigenvalue weighted by Gasteiger charge is -2.17. The van der Waals surface area contributed by atoms with Gasteiger partial charge in [-0.1, -0.05) is 15.9 Å².